The van der Waals surface area contributed by atoms with Crippen LogP contribution < -0.4 is 10.1 Å². The summed E-state index contributed by atoms with van der Waals surface area (Å²) in [4.78, 5) is 12.8. The molecule has 1 aliphatic heterocycles. The molecule has 0 aromatic heterocycles. The Morgan fingerprint density at radius 1 is 1.53 bits per heavy atom. The van der Waals surface area contributed by atoms with Crippen molar-refractivity contribution in [3.63, 3.8) is 0 Å². The molecule has 0 aliphatic carbocycles. The van der Waals surface area contributed by atoms with Crippen LogP contribution in [0.3, 0.4) is 0 Å². The van der Waals surface area contributed by atoms with Crippen molar-refractivity contribution in [2.75, 3.05) is 27.2 Å². The van der Waals surface area contributed by atoms with E-state index < -0.39 is 0 Å². The number of rotatable bonds is 5. The van der Waals surface area contributed by atoms with Crippen LogP contribution in [0.25, 0.3) is 0 Å². The molecular weight excluding hydrogens is 246 g/mol. The Bertz CT molecular complexity index is 464. The van der Waals surface area contributed by atoms with Crippen molar-refractivity contribution < 1.29 is 9.66 Å². The van der Waals surface area contributed by atoms with Gasteiger partial charge >= 0.3 is 0 Å². The number of likely N-dealkylation sites (tertiary alicyclic amines) is 1. The molecule has 1 atom stereocenters. The van der Waals surface area contributed by atoms with E-state index in [0.717, 1.165) is 31.6 Å². The molecule has 0 spiro atoms. The Kier molecular flexibility index (Phi) is 4.34. The zero-order chi connectivity index (χ0) is 13.8. The summed E-state index contributed by atoms with van der Waals surface area (Å²) in [6.07, 6.45) is 1.11. The minimum absolute atomic E-state index is 0.0821. The minimum Gasteiger partial charge on any atom is -0.496 e. The molecule has 19 heavy (non-hydrogen) atoms. The Hall–Kier alpha value is -1.66. The number of non-ortho nitro benzene ring substituents is 1. The Morgan fingerprint density at radius 2 is 2.32 bits per heavy atom. The van der Waals surface area contributed by atoms with Gasteiger partial charge in [0.25, 0.3) is 5.69 Å². The third kappa shape index (κ3) is 3.42. The van der Waals surface area contributed by atoms with E-state index in [9.17, 15) is 10.1 Å². The van der Waals surface area contributed by atoms with Gasteiger partial charge in [0.1, 0.15) is 5.75 Å². The average molecular weight is 265 g/mol. The van der Waals surface area contributed by atoms with Crippen LogP contribution in [0.1, 0.15) is 12.0 Å². The van der Waals surface area contributed by atoms with E-state index in [0.29, 0.717) is 11.8 Å². The van der Waals surface area contributed by atoms with Crippen molar-refractivity contribution in [3.8, 4) is 5.75 Å². The highest BCUT2D eigenvalue weighted by molar-refractivity contribution is 5.42. The van der Waals surface area contributed by atoms with Gasteiger partial charge < -0.3 is 10.1 Å². The van der Waals surface area contributed by atoms with Crippen LogP contribution in [0.15, 0.2) is 18.2 Å². The molecule has 1 unspecified atom stereocenters. The molecule has 1 N–H and O–H groups in total. The largest absolute Gasteiger partial charge is 0.496 e. The number of nitrogens with zero attached hydrogens (tertiary/aromatic N) is 2. The van der Waals surface area contributed by atoms with Gasteiger partial charge in [-0.2, -0.15) is 0 Å². The lowest BCUT2D eigenvalue weighted by molar-refractivity contribution is -0.385. The zero-order valence-electron chi connectivity index (χ0n) is 11.3. The monoisotopic (exact) mass is 265 g/mol. The fourth-order valence-corrected chi connectivity index (χ4v) is 2.43. The van der Waals surface area contributed by atoms with E-state index in [4.69, 9.17) is 4.74 Å². The molecule has 2 rings (SSSR count). The van der Waals surface area contributed by atoms with Crippen LogP contribution in [0.5, 0.6) is 5.75 Å². The molecule has 0 saturated carbocycles. The molecule has 1 fully saturated rings. The number of benzene rings is 1. The highest BCUT2D eigenvalue weighted by Gasteiger charge is 2.21. The average Bonchev–Trinajstić information content (AvgIpc) is 2.85. The first kappa shape index (κ1) is 13.8. The van der Waals surface area contributed by atoms with Crippen LogP contribution in [0, 0.1) is 10.1 Å². The van der Waals surface area contributed by atoms with Gasteiger partial charge in [-0.15, -0.1) is 0 Å². The quantitative estimate of drug-likeness (QED) is 0.644. The zero-order valence-corrected chi connectivity index (χ0v) is 11.3. The molecule has 1 aromatic carbocycles. The minimum atomic E-state index is -0.383. The molecule has 6 heteroatoms. The number of nitro benzene ring substituents is 1. The lowest BCUT2D eigenvalue weighted by atomic mass is 10.1. The predicted octanol–water partition coefficient (Wildman–Crippen LogP) is 1.40. The molecule has 1 aliphatic rings. The summed E-state index contributed by atoms with van der Waals surface area (Å²) in [6, 6.07) is 5.44. The maximum Gasteiger partial charge on any atom is 0.273 e. The highest BCUT2D eigenvalue weighted by atomic mass is 16.6. The number of hydrogen-bond acceptors (Lipinski definition) is 5. The van der Waals surface area contributed by atoms with Gasteiger partial charge in [-0.05, 0) is 25.1 Å². The maximum absolute atomic E-state index is 10.9. The number of nitro groups is 1. The van der Waals surface area contributed by atoms with E-state index in [1.54, 1.807) is 6.07 Å². The second kappa shape index (κ2) is 5.99. The van der Waals surface area contributed by atoms with E-state index in [1.165, 1.54) is 13.2 Å². The van der Waals surface area contributed by atoms with Crippen LogP contribution in [0.4, 0.5) is 5.69 Å². The molecule has 0 radical (unpaired) electrons. The number of hydrogen-bond donors (Lipinski definition) is 1. The molecule has 1 saturated heterocycles. The first-order valence-electron chi connectivity index (χ1n) is 6.34. The SMILES string of the molecule is CNC1CCN(Cc2cc(OC)cc([N+](=O)[O-])c2)C1. The fraction of sp³-hybridized carbons (Fsp3) is 0.538. The molecule has 1 heterocycles. The van der Waals surface area contributed by atoms with Crippen molar-refractivity contribution in [2.24, 2.45) is 0 Å². The van der Waals surface area contributed by atoms with Gasteiger partial charge in [0.15, 0.2) is 0 Å². The Labute approximate surface area is 112 Å². The number of ether oxygens (including phenoxy) is 1. The van der Waals surface area contributed by atoms with Gasteiger partial charge in [0.05, 0.1) is 18.1 Å². The summed E-state index contributed by atoms with van der Waals surface area (Å²) in [5.41, 5.74) is 1.00. The molecule has 6 nitrogen and oxygen atoms in total. The molecular formula is C13H19N3O3. The van der Waals surface area contributed by atoms with Gasteiger partial charge in [0.2, 0.25) is 0 Å². The molecule has 1 aromatic rings. The van der Waals surface area contributed by atoms with Crippen LogP contribution in [0.2, 0.25) is 0 Å². The van der Waals surface area contributed by atoms with Crippen LogP contribution in [-0.2, 0) is 6.54 Å². The van der Waals surface area contributed by atoms with Gasteiger partial charge in [0, 0.05) is 31.7 Å². The van der Waals surface area contributed by atoms with Crippen LogP contribution >= 0.6 is 0 Å². The Morgan fingerprint density at radius 3 is 2.89 bits per heavy atom. The summed E-state index contributed by atoms with van der Waals surface area (Å²) in [7, 11) is 3.49. The Balaban J connectivity index is 2.11. The van der Waals surface area contributed by atoms with E-state index in [2.05, 4.69) is 10.2 Å². The van der Waals surface area contributed by atoms with Crippen molar-refractivity contribution >= 4 is 5.69 Å². The summed E-state index contributed by atoms with van der Waals surface area (Å²) < 4.78 is 5.12. The van der Waals surface area contributed by atoms with Crippen LogP contribution in [-0.4, -0.2) is 43.1 Å². The summed E-state index contributed by atoms with van der Waals surface area (Å²) in [6.45, 7) is 2.70. The molecule has 0 amide bonds. The topological polar surface area (TPSA) is 67.6 Å². The van der Waals surface area contributed by atoms with E-state index in [1.807, 2.05) is 13.1 Å². The third-order valence-electron chi connectivity index (χ3n) is 3.48. The van der Waals surface area contributed by atoms with Crippen molar-refractivity contribution in [3.05, 3.63) is 33.9 Å². The number of likely N-dealkylation sites (N-methyl/N-ethyl adjacent to an activating group) is 1. The molecule has 0 bridgehead atoms. The lowest BCUT2D eigenvalue weighted by Gasteiger charge is -2.16. The van der Waals surface area contributed by atoms with Crippen molar-refractivity contribution in [1.82, 2.24) is 10.2 Å². The summed E-state index contributed by atoms with van der Waals surface area (Å²) >= 11 is 0. The number of methoxy groups -OCH3 is 1. The smallest absolute Gasteiger partial charge is 0.273 e. The first-order chi connectivity index (χ1) is 9.12. The predicted molar refractivity (Wildman–Crippen MR) is 72.4 cm³/mol. The highest BCUT2D eigenvalue weighted by Crippen LogP contribution is 2.24. The maximum atomic E-state index is 10.9. The van der Waals surface area contributed by atoms with Gasteiger partial charge in [-0.3, -0.25) is 15.0 Å². The summed E-state index contributed by atoms with van der Waals surface area (Å²) in [5.74, 6) is 0.536. The third-order valence-corrected chi connectivity index (χ3v) is 3.48. The fourth-order valence-electron chi connectivity index (χ4n) is 2.43. The second-order valence-electron chi connectivity index (χ2n) is 4.81. The first-order valence-corrected chi connectivity index (χ1v) is 6.34. The summed E-state index contributed by atoms with van der Waals surface area (Å²) in [5, 5.41) is 14.1. The van der Waals surface area contributed by atoms with E-state index >= 15 is 0 Å². The lowest BCUT2D eigenvalue weighted by Crippen LogP contribution is -2.29. The van der Waals surface area contributed by atoms with Crippen molar-refractivity contribution in [2.45, 2.75) is 19.0 Å². The van der Waals surface area contributed by atoms with E-state index in [-0.39, 0.29) is 10.6 Å². The van der Waals surface area contributed by atoms with Gasteiger partial charge in [-0.25, -0.2) is 0 Å². The van der Waals surface area contributed by atoms with Crippen molar-refractivity contribution in [1.29, 1.82) is 0 Å². The molecule has 104 valence electrons. The second-order valence-corrected chi connectivity index (χ2v) is 4.81. The normalized spacial score (nSPS) is 19.6. The standard InChI is InChI=1S/C13H19N3O3/c1-14-11-3-4-15(9-11)8-10-5-12(16(17)18)7-13(6-10)19-2/h5-7,11,14H,3-4,8-9H2,1-2H3. The number of nitrogens with one attached hydrogen (secondary N) is 1. The van der Waals surface area contributed by atoms with Gasteiger partial charge in [-0.1, -0.05) is 0 Å².